The topological polar surface area (TPSA) is 23.8 Å². The van der Waals surface area contributed by atoms with E-state index in [1.807, 2.05) is 6.07 Å². The van der Waals surface area contributed by atoms with Crippen molar-refractivity contribution in [3.63, 3.8) is 0 Å². The van der Waals surface area contributed by atoms with Gasteiger partial charge in [-0.25, -0.2) is 8.78 Å². The molecule has 0 aliphatic rings. The number of hydrogen-bond acceptors (Lipinski definition) is 1. The standard InChI is InChI=1S/C13H6ClF2N/c14-11-4-2-1-3-9(11)10-6-13(16)12(15)5-8(10)7-17/h1-6H. The molecule has 0 aromatic heterocycles. The highest BCUT2D eigenvalue weighted by Gasteiger charge is 2.13. The van der Waals surface area contributed by atoms with Gasteiger partial charge in [0.25, 0.3) is 0 Å². The average Bonchev–Trinajstić information content (AvgIpc) is 2.33. The quantitative estimate of drug-likeness (QED) is 0.745. The lowest BCUT2D eigenvalue weighted by atomic mass is 10.00. The van der Waals surface area contributed by atoms with E-state index in [4.69, 9.17) is 16.9 Å². The Kier molecular flexibility index (Phi) is 3.08. The molecule has 0 heterocycles. The molecule has 0 amide bonds. The molecule has 2 rings (SSSR count). The summed E-state index contributed by atoms with van der Waals surface area (Å²) < 4.78 is 26.2. The number of rotatable bonds is 1. The van der Waals surface area contributed by atoms with E-state index in [0.717, 1.165) is 12.1 Å². The molecule has 0 fully saturated rings. The first-order chi connectivity index (χ1) is 8.13. The van der Waals surface area contributed by atoms with Crippen molar-refractivity contribution < 1.29 is 8.78 Å². The van der Waals surface area contributed by atoms with Crippen LogP contribution in [0.4, 0.5) is 8.78 Å². The van der Waals surface area contributed by atoms with E-state index in [1.165, 1.54) is 0 Å². The van der Waals surface area contributed by atoms with Crippen LogP contribution in [-0.4, -0.2) is 0 Å². The molecule has 4 heteroatoms. The first kappa shape index (κ1) is 11.6. The Labute approximate surface area is 102 Å². The van der Waals surface area contributed by atoms with Gasteiger partial charge in [-0.2, -0.15) is 5.26 Å². The van der Waals surface area contributed by atoms with Gasteiger partial charge in [-0.1, -0.05) is 29.8 Å². The predicted octanol–water partition coefficient (Wildman–Crippen LogP) is 4.16. The van der Waals surface area contributed by atoms with Crippen LogP contribution in [0.15, 0.2) is 36.4 Å². The summed E-state index contributed by atoms with van der Waals surface area (Å²) in [5.41, 5.74) is 0.846. The Morgan fingerprint density at radius 3 is 2.29 bits per heavy atom. The van der Waals surface area contributed by atoms with Crippen LogP contribution in [-0.2, 0) is 0 Å². The largest absolute Gasteiger partial charge is 0.204 e. The SMILES string of the molecule is N#Cc1cc(F)c(F)cc1-c1ccccc1Cl. The van der Waals surface area contributed by atoms with Crippen LogP contribution in [0.2, 0.25) is 5.02 Å². The Hall–Kier alpha value is -1.92. The first-order valence-corrected chi connectivity index (χ1v) is 5.15. The second-order valence-electron chi connectivity index (χ2n) is 3.40. The fourth-order valence-electron chi connectivity index (χ4n) is 1.54. The van der Waals surface area contributed by atoms with Crippen molar-refractivity contribution in [3.8, 4) is 17.2 Å². The Morgan fingerprint density at radius 2 is 1.65 bits per heavy atom. The highest BCUT2D eigenvalue weighted by molar-refractivity contribution is 6.33. The van der Waals surface area contributed by atoms with Crippen LogP contribution in [0, 0.1) is 23.0 Å². The summed E-state index contributed by atoms with van der Waals surface area (Å²) in [7, 11) is 0. The van der Waals surface area contributed by atoms with Gasteiger partial charge < -0.3 is 0 Å². The number of nitriles is 1. The van der Waals surface area contributed by atoms with Crippen molar-refractivity contribution in [2.75, 3.05) is 0 Å². The summed E-state index contributed by atoms with van der Waals surface area (Å²) in [6.07, 6.45) is 0. The fourth-order valence-corrected chi connectivity index (χ4v) is 1.78. The minimum atomic E-state index is -1.04. The van der Waals surface area contributed by atoms with Crippen LogP contribution in [0.3, 0.4) is 0 Å². The zero-order valence-corrected chi connectivity index (χ0v) is 9.30. The summed E-state index contributed by atoms with van der Waals surface area (Å²) in [5.74, 6) is -2.05. The molecule has 0 aliphatic carbocycles. The predicted molar refractivity (Wildman–Crippen MR) is 61.5 cm³/mol. The highest BCUT2D eigenvalue weighted by atomic mass is 35.5. The van der Waals surface area contributed by atoms with Crippen molar-refractivity contribution >= 4 is 11.6 Å². The van der Waals surface area contributed by atoms with Crippen LogP contribution in [0.5, 0.6) is 0 Å². The molecule has 0 saturated heterocycles. The van der Waals surface area contributed by atoms with Gasteiger partial charge in [-0.05, 0) is 18.2 Å². The van der Waals surface area contributed by atoms with E-state index in [9.17, 15) is 8.78 Å². The third-order valence-electron chi connectivity index (χ3n) is 2.34. The second kappa shape index (κ2) is 4.52. The number of nitrogens with zero attached hydrogens (tertiary/aromatic N) is 1. The molecule has 0 spiro atoms. The van der Waals surface area contributed by atoms with Gasteiger partial charge >= 0.3 is 0 Å². The summed E-state index contributed by atoms with van der Waals surface area (Å²) in [4.78, 5) is 0. The second-order valence-corrected chi connectivity index (χ2v) is 3.81. The molecule has 0 bridgehead atoms. The van der Waals surface area contributed by atoms with Gasteiger partial charge in [0.1, 0.15) is 0 Å². The van der Waals surface area contributed by atoms with E-state index in [-0.39, 0.29) is 11.1 Å². The van der Waals surface area contributed by atoms with E-state index in [1.54, 1.807) is 24.3 Å². The monoisotopic (exact) mass is 249 g/mol. The molecule has 0 radical (unpaired) electrons. The molecule has 0 atom stereocenters. The molecule has 1 nitrogen and oxygen atoms in total. The zero-order valence-electron chi connectivity index (χ0n) is 8.55. The van der Waals surface area contributed by atoms with Gasteiger partial charge in [0, 0.05) is 16.1 Å². The van der Waals surface area contributed by atoms with Crippen LogP contribution < -0.4 is 0 Å². The number of halogens is 3. The van der Waals surface area contributed by atoms with Crippen molar-refractivity contribution in [1.29, 1.82) is 5.26 Å². The number of benzene rings is 2. The summed E-state index contributed by atoms with van der Waals surface area (Å²) in [6.45, 7) is 0. The minimum Gasteiger partial charge on any atom is -0.204 e. The van der Waals surface area contributed by atoms with E-state index in [2.05, 4.69) is 0 Å². The maximum Gasteiger partial charge on any atom is 0.160 e. The van der Waals surface area contributed by atoms with Crippen molar-refractivity contribution in [2.24, 2.45) is 0 Å². The van der Waals surface area contributed by atoms with Gasteiger partial charge in [0.2, 0.25) is 0 Å². The molecule has 0 aliphatic heterocycles. The van der Waals surface area contributed by atoms with Gasteiger partial charge in [-0.15, -0.1) is 0 Å². The molecular formula is C13H6ClF2N. The van der Waals surface area contributed by atoms with Crippen LogP contribution >= 0.6 is 11.6 Å². The Morgan fingerprint density at radius 1 is 1.00 bits per heavy atom. The van der Waals surface area contributed by atoms with Crippen molar-refractivity contribution in [3.05, 3.63) is 58.6 Å². The van der Waals surface area contributed by atoms with Gasteiger partial charge in [0.15, 0.2) is 11.6 Å². The molecule has 2 aromatic carbocycles. The molecule has 17 heavy (non-hydrogen) atoms. The third-order valence-corrected chi connectivity index (χ3v) is 2.67. The molecule has 0 unspecified atom stereocenters. The lowest BCUT2D eigenvalue weighted by Crippen LogP contribution is -1.91. The fraction of sp³-hybridized carbons (Fsp3) is 0. The number of hydrogen-bond donors (Lipinski definition) is 0. The van der Waals surface area contributed by atoms with E-state index >= 15 is 0 Å². The van der Waals surface area contributed by atoms with Crippen LogP contribution in [0.25, 0.3) is 11.1 Å². The molecule has 84 valence electrons. The third kappa shape index (κ3) is 2.13. The minimum absolute atomic E-state index is 0.0528. The van der Waals surface area contributed by atoms with Crippen molar-refractivity contribution in [2.45, 2.75) is 0 Å². The smallest absolute Gasteiger partial charge is 0.160 e. The summed E-state index contributed by atoms with van der Waals surface area (Å²) in [5, 5.41) is 9.29. The van der Waals surface area contributed by atoms with E-state index in [0.29, 0.717) is 10.6 Å². The lowest BCUT2D eigenvalue weighted by Gasteiger charge is -2.07. The summed E-state index contributed by atoms with van der Waals surface area (Å²) >= 11 is 5.95. The Bertz CT molecular complexity index is 617. The highest BCUT2D eigenvalue weighted by Crippen LogP contribution is 2.31. The van der Waals surface area contributed by atoms with Crippen LogP contribution in [0.1, 0.15) is 5.56 Å². The van der Waals surface area contributed by atoms with E-state index < -0.39 is 11.6 Å². The maximum absolute atomic E-state index is 13.2. The maximum atomic E-state index is 13.2. The van der Waals surface area contributed by atoms with Gasteiger partial charge in [0.05, 0.1) is 11.6 Å². The normalized spacial score (nSPS) is 10.0. The molecule has 2 aromatic rings. The molecule has 0 saturated carbocycles. The first-order valence-electron chi connectivity index (χ1n) is 4.77. The molecule has 0 N–H and O–H groups in total. The van der Waals surface area contributed by atoms with Gasteiger partial charge in [-0.3, -0.25) is 0 Å². The average molecular weight is 250 g/mol. The lowest BCUT2D eigenvalue weighted by molar-refractivity contribution is 0.508. The Balaban J connectivity index is 2.72. The molecular weight excluding hydrogens is 244 g/mol. The zero-order chi connectivity index (χ0) is 12.4. The van der Waals surface area contributed by atoms with Crippen molar-refractivity contribution in [1.82, 2.24) is 0 Å². The summed E-state index contributed by atoms with van der Waals surface area (Å²) in [6, 6.07) is 10.4.